The summed E-state index contributed by atoms with van der Waals surface area (Å²) in [5.74, 6) is -0.787. The predicted molar refractivity (Wildman–Crippen MR) is 48.5 cm³/mol. The van der Waals surface area contributed by atoms with Gasteiger partial charge in [0.1, 0.15) is 5.76 Å². The first kappa shape index (κ1) is 9.70. The molecule has 1 saturated heterocycles. The van der Waals surface area contributed by atoms with Crippen molar-refractivity contribution in [2.45, 2.75) is 12.8 Å². The fourth-order valence-corrected chi connectivity index (χ4v) is 1.61. The smallest absolute Gasteiger partial charge is 0.358 e. The Balaban J connectivity index is 2.10. The molecule has 0 spiro atoms. The highest BCUT2D eigenvalue weighted by Gasteiger charge is 2.35. The van der Waals surface area contributed by atoms with E-state index in [1.165, 1.54) is 6.92 Å². The number of hydrogen-bond donors (Lipinski definition) is 1. The van der Waals surface area contributed by atoms with E-state index < -0.39 is 5.97 Å². The standard InChI is InChI=1S/C9H10N2O4/c1-5(12)11-2-6(3-11)8-7(9(13)14)10-4-15-8/h4,6H,2-3H2,1H3,(H,13,14). The second-order valence-corrected chi connectivity index (χ2v) is 3.49. The van der Waals surface area contributed by atoms with E-state index in [-0.39, 0.29) is 17.5 Å². The number of oxazole rings is 1. The van der Waals surface area contributed by atoms with Crippen LogP contribution in [0.1, 0.15) is 29.1 Å². The number of carboxylic acids is 1. The molecule has 0 atom stereocenters. The van der Waals surface area contributed by atoms with Crippen molar-refractivity contribution < 1.29 is 19.1 Å². The minimum absolute atomic E-state index is 0.0114. The van der Waals surface area contributed by atoms with Crippen LogP contribution in [-0.2, 0) is 4.79 Å². The lowest BCUT2D eigenvalue weighted by Crippen LogP contribution is -2.47. The summed E-state index contributed by atoms with van der Waals surface area (Å²) in [6.07, 6.45) is 1.12. The van der Waals surface area contributed by atoms with Crippen LogP contribution in [0.15, 0.2) is 10.8 Å². The molecule has 0 bridgehead atoms. The van der Waals surface area contributed by atoms with E-state index in [0.717, 1.165) is 6.39 Å². The van der Waals surface area contributed by atoms with Gasteiger partial charge in [-0.05, 0) is 0 Å². The largest absolute Gasteiger partial charge is 0.476 e. The maximum atomic E-state index is 10.9. The molecule has 6 nitrogen and oxygen atoms in total. The van der Waals surface area contributed by atoms with E-state index in [9.17, 15) is 9.59 Å². The Hall–Kier alpha value is -1.85. The van der Waals surface area contributed by atoms with Gasteiger partial charge in [-0.2, -0.15) is 0 Å². The molecule has 1 amide bonds. The minimum Gasteiger partial charge on any atom is -0.476 e. The highest BCUT2D eigenvalue weighted by atomic mass is 16.4. The van der Waals surface area contributed by atoms with Gasteiger partial charge >= 0.3 is 5.97 Å². The molecule has 0 radical (unpaired) electrons. The Morgan fingerprint density at radius 1 is 1.60 bits per heavy atom. The molecule has 1 aliphatic heterocycles. The van der Waals surface area contributed by atoms with Gasteiger partial charge in [-0.25, -0.2) is 9.78 Å². The molecule has 0 unspecified atom stereocenters. The molecule has 1 aliphatic rings. The number of carboxylic acid groups (broad SMARTS) is 1. The van der Waals surface area contributed by atoms with Gasteiger partial charge in [0.2, 0.25) is 5.91 Å². The lowest BCUT2D eigenvalue weighted by atomic mass is 9.96. The van der Waals surface area contributed by atoms with Gasteiger partial charge in [0, 0.05) is 20.0 Å². The number of aromatic carboxylic acids is 1. The SMILES string of the molecule is CC(=O)N1CC(c2ocnc2C(=O)O)C1. The van der Waals surface area contributed by atoms with Crippen LogP contribution in [-0.4, -0.2) is 40.0 Å². The third kappa shape index (κ3) is 1.58. The van der Waals surface area contributed by atoms with Crippen molar-refractivity contribution in [1.82, 2.24) is 9.88 Å². The van der Waals surface area contributed by atoms with Gasteiger partial charge in [-0.15, -0.1) is 0 Å². The van der Waals surface area contributed by atoms with E-state index >= 15 is 0 Å². The summed E-state index contributed by atoms with van der Waals surface area (Å²) in [6, 6.07) is 0. The number of hydrogen-bond acceptors (Lipinski definition) is 4. The van der Waals surface area contributed by atoms with Crippen LogP contribution in [0.4, 0.5) is 0 Å². The van der Waals surface area contributed by atoms with Crippen molar-refractivity contribution in [1.29, 1.82) is 0 Å². The molecule has 6 heteroatoms. The van der Waals surface area contributed by atoms with Crippen LogP contribution in [0.25, 0.3) is 0 Å². The predicted octanol–water partition coefficient (Wildman–Crippen LogP) is 0.318. The Kier molecular flexibility index (Phi) is 2.18. The fourth-order valence-electron chi connectivity index (χ4n) is 1.61. The molecule has 1 aromatic heterocycles. The van der Waals surface area contributed by atoms with Gasteiger partial charge in [0.05, 0.1) is 5.92 Å². The van der Waals surface area contributed by atoms with E-state index in [4.69, 9.17) is 9.52 Å². The fraction of sp³-hybridized carbons (Fsp3) is 0.444. The van der Waals surface area contributed by atoms with E-state index in [1.807, 2.05) is 0 Å². The Bertz CT molecular complexity index is 406. The molecule has 0 aliphatic carbocycles. The lowest BCUT2D eigenvalue weighted by molar-refractivity contribution is -0.133. The van der Waals surface area contributed by atoms with Crippen LogP contribution in [0.3, 0.4) is 0 Å². The van der Waals surface area contributed by atoms with E-state index in [0.29, 0.717) is 18.8 Å². The monoisotopic (exact) mass is 210 g/mol. The first-order valence-electron chi connectivity index (χ1n) is 4.51. The number of carbonyl (C=O) groups is 2. The van der Waals surface area contributed by atoms with Gasteiger partial charge in [-0.1, -0.05) is 0 Å². The Morgan fingerprint density at radius 2 is 2.27 bits per heavy atom. The summed E-state index contributed by atoms with van der Waals surface area (Å²) in [7, 11) is 0. The normalized spacial score (nSPS) is 16.2. The number of amides is 1. The van der Waals surface area contributed by atoms with Crippen LogP contribution >= 0.6 is 0 Å². The molecule has 2 rings (SSSR count). The van der Waals surface area contributed by atoms with E-state index in [2.05, 4.69) is 4.98 Å². The average molecular weight is 210 g/mol. The van der Waals surface area contributed by atoms with Gasteiger partial charge in [0.25, 0.3) is 0 Å². The zero-order valence-electron chi connectivity index (χ0n) is 8.14. The number of aromatic nitrogens is 1. The summed E-state index contributed by atoms with van der Waals surface area (Å²) in [6.45, 7) is 2.49. The summed E-state index contributed by atoms with van der Waals surface area (Å²) >= 11 is 0. The molecule has 15 heavy (non-hydrogen) atoms. The Labute approximate surface area is 85.5 Å². The average Bonchev–Trinajstić information content (AvgIpc) is 2.48. The highest BCUT2D eigenvalue weighted by Crippen LogP contribution is 2.28. The molecule has 1 N–H and O–H groups in total. The summed E-state index contributed by atoms with van der Waals surface area (Å²) in [5, 5.41) is 8.80. The summed E-state index contributed by atoms with van der Waals surface area (Å²) in [4.78, 5) is 26.9. The molecule has 2 heterocycles. The summed E-state index contributed by atoms with van der Waals surface area (Å²) in [5.41, 5.74) is -0.0526. The van der Waals surface area contributed by atoms with Crippen molar-refractivity contribution in [2.24, 2.45) is 0 Å². The second kappa shape index (κ2) is 3.38. The van der Waals surface area contributed by atoms with Crippen LogP contribution in [0, 0.1) is 0 Å². The first-order valence-corrected chi connectivity index (χ1v) is 4.51. The maximum Gasteiger partial charge on any atom is 0.358 e. The van der Waals surface area contributed by atoms with E-state index in [1.54, 1.807) is 4.90 Å². The van der Waals surface area contributed by atoms with Crippen LogP contribution in [0.2, 0.25) is 0 Å². The van der Waals surface area contributed by atoms with Crippen molar-refractivity contribution in [3.05, 3.63) is 17.8 Å². The molecule has 0 saturated carbocycles. The van der Waals surface area contributed by atoms with Crippen LogP contribution < -0.4 is 0 Å². The van der Waals surface area contributed by atoms with Crippen molar-refractivity contribution in [2.75, 3.05) is 13.1 Å². The first-order chi connectivity index (χ1) is 7.09. The third-order valence-electron chi connectivity index (χ3n) is 2.50. The number of carbonyl (C=O) groups excluding carboxylic acids is 1. The highest BCUT2D eigenvalue weighted by molar-refractivity contribution is 5.86. The molecule has 1 fully saturated rings. The molecule has 80 valence electrons. The van der Waals surface area contributed by atoms with Gasteiger partial charge < -0.3 is 14.4 Å². The second-order valence-electron chi connectivity index (χ2n) is 3.49. The van der Waals surface area contributed by atoms with Gasteiger partial charge in [0.15, 0.2) is 12.1 Å². The van der Waals surface area contributed by atoms with Crippen LogP contribution in [0.5, 0.6) is 0 Å². The number of nitrogens with zero attached hydrogens (tertiary/aromatic N) is 2. The summed E-state index contributed by atoms with van der Waals surface area (Å²) < 4.78 is 5.03. The quantitative estimate of drug-likeness (QED) is 0.759. The van der Waals surface area contributed by atoms with Crippen molar-refractivity contribution in [3.8, 4) is 0 Å². The molecule has 0 aromatic carbocycles. The Morgan fingerprint density at radius 3 is 2.80 bits per heavy atom. The lowest BCUT2D eigenvalue weighted by Gasteiger charge is -2.37. The van der Waals surface area contributed by atoms with Crippen molar-refractivity contribution >= 4 is 11.9 Å². The minimum atomic E-state index is -1.10. The third-order valence-corrected chi connectivity index (χ3v) is 2.50. The van der Waals surface area contributed by atoms with Crippen molar-refractivity contribution in [3.63, 3.8) is 0 Å². The molecular formula is C9H10N2O4. The maximum absolute atomic E-state index is 10.9. The zero-order chi connectivity index (χ0) is 11.0. The number of rotatable bonds is 2. The molecular weight excluding hydrogens is 200 g/mol. The molecule has 1 aromatic rings. The zero-order valence-corrected chi connectivity index (χ0v) is 8.14. The topological polar surface area (TPSA) is 83.6 Å². The van der Waals surface area contributed by atoms with Gasteiger partial charge in [-0.3, -0.25) is 4.79 Å². The number of likely N-dealkylation sites (tertiary alicyclic amines) is 1.